The summed E-state index contributed by atoms with van der Waals surface area (Å²) in [5.41, 5.74) is 5.14. The van der Waals surface area contributed by atoms with Gasteiger partial charge >= 0.3 is 0 Å². The number of para-hydroxylation sites is 1. The number of nitrogens with one attached hydrogen (secondary N) is 2. The van der Waals surface area contributed by atoms with Gasteiger partial charge in [0, 0.05) is 5.69 Å². The minimum absolute atomic E-state index is 0.418. The van der Waals surface area contributed by atoms with Crippen molar-refractivity contribution in [2.45, 2.75) is 0 Å². The van der Waals surface area contributed by atoms with Crippen LogP contribution in [0.25, 0.3) is 0 Å². The van der Waals surface area contributed by atoms with E-state index in [4.69, 9.17) is 17.5 Å². The quantitative estimate of drug-likeness (QED) is 0.515. The smallest absolute Gasteiger partial charge is 0.191 e. The number of hydrazone groups is 1. The van der Waals surface area contributed by atoms with Gasteiger partial charge in [-0.25, -0.2) is 0 Å². The fourth-order valence-electron chi connectivity index (χ4n) is 1.49. The maximum absolute atomic E-state index is 8.70. The van der Waals surface area contributed by atoms with Gasteiger partial charge in [0.05, 0.1) is 17.8 Å². The summed E-state index contributed by atoms with van der Waals surface area (Å²) in [6, 6.07) is 18.8. The van der Waals surface area contributed by atoms with Gasteiger partial charge in [-0.3, -0.25) is 5.43 Å². The van der Waals surface area contributed by atoms with Crippen LogP contribution in [-0.2, 0) is 0 Å². The van der Waals surface area contributed by atoms with Crippen LogP contribution in [0.15, 0.2) is 59.7 Å². The highest BCUT2D eigenvalue weighted by Gasteiger charge is 1.94. The number of nitrogens with zero attached hydrogens (tertiary/aromatic N) is 2. The molecule has 0 aliphatic carbocycles. The standard InChI is InChI=1S/C15H12N4S/c16-10-12-6-8-13(9-7-12)11-17-19-15(20)18-14-4-2-1-3-5-14/h1-9,11H,(H2,18,19,20). The first-order valence-corrected chi connectivity index (χ1v) is 6.34. The van der Waals surface area contributed by atoms with Crippen molar-refractivity contribution >= 4 is 29.2 Å². The van der Waals surface area contributed by atoms with Crippen molar-refractivity contribution in [3.05, 3.63) is 65.7 Å². The predicted molar refractivity (Wildman–Crippen MR) is 84.5 cm³/mol. The molecule has 0 aliphatic rings. The van der Waals surface area contributed by atoms with E-state index in [0.29, 0.717) is 10.7 Å². The van der Waals surface area contributed by atoms with E-state index in [0.717, 1.165) is 11.3 Å². The third-order valence-electron chi connectivity index (χ3n) is 2.45. The van der Waals surface area contributed by atoms with Gasteiger partial charge in [-0.05, 0) is 42.0 Å². The van der Waals surface area contributed by atoms with Crippen LogP contribution >= 0.6 is 12.2 Å². The van der Waals surface area contributed by atoms with Crippen molar-refractivity contribution < 1.29 is 0 Å². The fourth-order valence-corrected chi connectivity index (χ4v) is 1.66. The topological polar surface area (TPSA) is 60.2 Å². The number of benzene rings is 2. The summed E-state index contributed by atoms with van der Waals surface area (Å²) in [5.74, 6) is 0. The molecule has 0 amide bonds. The van der Waals surface area contributed by atoms with Crippen LogP contribution in [0.3, 0.4) is 0 Å². The Morgan fingerprint density at radius 3 is 2.45 bits per heavy atom. The van der Waals surface area contributed by atoms with Gasteiger partial charge in [0.1, 0.15) is 0 Å². The molecule has 0 aliphatic heterocycles. The van der Waals surface area contributed by atoms with Gasteiger partial charge in [-0.2, -0.15) is 10.4 Å². The minimum atomic E-state index is 0.418. The number of rotatable bonds is 3. The largest absolute Gasteiger partial charge is 0.331 e. The van der Waals surface area contributed by atoms with E-state index in [2.05, 4.69) is 21.9 Å². The molecule has 0 saturated carbocycles. The summed E-state index contributed by atoms with van der Waals surface area (Å²) in [7, 11) is 0. The van der Waals surface area contributed by atoms with Crippen LogP contribution in [-0.4, -0.2) is 11.3 Å². The molecule has 0 spiro atoms. The van der Waals surface area contributed by atoms with Gasteiger partial charge in [-0.15, -0.1) is 0 Å². The van der Waals surface area contributed by atoms with Crippen LogP contribution in [0.4, 0.5) is 5.69 Å². The van der Waals surface area contributed by atoms with E-state index < -0.39 is 0 Å². The number of hydrogen-bond acceptors (Lipinski definition) is 3. The molecule has 0 fully saturated rings. The molecule has 0 radical (unpaired) electrons. The normalized spacial score (nSPS) is 9.95. The minimum Gasteiger partial charge on any atom is -0.331 e. The van der Waals surface area contributed by atoms with E-state index in [-0.39, 0.29) is 0 Å². The van der Waals surface area contributed by atoms with Crippen molar-refractivity contribution in [3.63, 3.8) is 0 Å². The van der Waals surface area contributed by atoms with E-state index >= 15 is 0 Å². The molecule has 0 atom stereocenters. The Labute approximate surface area is 122 Å². The summed E-state index contributed by atoms with van der Waals surface area (Å²) in [4.78, 5) is 0. The van der Waals surface area contributed by atoms with Crippen LogP contribution in [0.5, 0.6) is 0 Å². The highest BCUT2D eigenvalue weighted by Crippen LogP contribution is 2.04. The molecule has 20 heavy (non-hydrogen) atoms. The maximum atomic E-state index is 8.70. The number of thiocarbonyl (C=S) groups is 1. The molecule has 98 valence electrons. The van der Waals surface area contributed by atoms with Crippen LogP contribution in [0.2, 0.25) is 0 Å². The summed E-state index contributed by atoms with van der Waals surface area (Å²) in [6.45, 7) is 0. The molecular weight excluding hydrogens is 268 g/mol. The zero-order valence-corrected chi connectivity index (χ0v) is 11.4. The highest BCUT2D eigenvalue weighted by atomic mass is 32.1. The maximum Gasteiger partial charge on any atom is 0.191 e. The SMILES string of the molecule is N#Cc1ccc(C=NNC(=S)Nc2ccccc2)cc1. The van der Waals surface area contributed by atoms with Crippen LogP contribution in [0, 0.1) is 11.3 Å². The van der Waals surface area contributed by atoms with E-state index in [1.807, 2.05) is 42.5 Å². The lowest BCUT2D eigenvalue weighted by Crippen LogP contribution is -2.23. The average molecular weight is 280 g/mol. The second-order valence-electron chi connectivity index (χ2n) is 3.92. The van der Waals surface area contributed by atoms with Crippen molar-refractivity contribution in [2.24, 2.45) is 5.10 Å². The Morgan fingerprint density at radius 1 is 1.10 bits per heavy atom. The van der Waals surface area contributed by atoms with E-state index in [1.54, 1.807) is 18.3 Å². The molecule has 2 N–H and O–H groups in total. The third-order valence-corrected chi connectivity index (χ3v) is 2.64. The van der Waals surface area contributed by atoms with E-state index in [9.17, 15) is 0 Å². The summed E-state index contributed by atoms with van der Waals surface area (Å²) >= 11 is 5.11. The van der Waals surface area contributed by atoms with E-state index in [1.165, 1.54) is 0 Å². The Kier molecular flexibility index (Phi) is 4.81. The molecular formula is C15H12N4S. The van der Waals surface area contributed by atoms with Gasteiger partial charge in [-0.1, -0.05) is 30.3 Å². The first-order chi connectivity index (χ1) is 9.78. The summed E-state index contributed by atoms with van der Waals surface area (Å²) in [5, 5.41) is 16.2. The van der Waals surface area contributed by atoms with Gasteiger partial charge in [0.2, 0.25) is 0 Å². The highest BCUT2D eigenvalue weighted by molar-refractivity contribution is 7.80. The predicted octanol–water partition coefficient (Wildman–Crippen LogP) is 2.88. The Balaban J connectivity index is 1.86. The van der Waals surface area contributed by atoms with Gasteiger partial charge in [0.25, 0.3) is 0 Å². The molecule has 0 heterocycles. The van der Waals surface area contributed by atoms with Crippen molar-refractivity contribution in [1.82, 2.24) is 5.43 Å². The average Bonchev–Trinajstić information content (AvgIpc) is 2.49. The Bertz CT molecular complexity index is 642. The molecule has 5 heteroatoms. The zero-order valence-electron chi connectivity index (χ0n) is 10.6. The number of hydrogen-bond donors (Lipinski definition) is 2. The summed E-state index contributed by atoms with van der Waals surface area (Å²) in [6.07, 6.45) is 1.64. The molecule has 0 saturated heterocycles. The lowest BCUT2D eigenvalue weighted by Gasteiger charge is -2.06. The molecule has 4 nitrogen and oxygen atoms in total. The Morgan fingerprint density at radius 2 is 1.80 bits per heavy atom. The lowest BCUT2D eigenvalue weighted by atomic mass is 10.2. The fraction of sp³-hybridized carbons (Fsp3) is 0. The molecule has 2 aromatic rings. The molecule has 2 aromatic carbocycles. The second-order valence-corrected chi connectivity index (χ2v) is 4.33. The van der Waals surface area contributed by atoms with Crippen molar-refractivity contribution in [1.29, 1.82) is 5.26 Å². The summed E-state index contributed by atoms with van der Waals surface area (Å²) < 4.78 is 0. The van der Waals surface area contributed by atoms with Crippen LogP contribution in [0.1, 0.15) is 11.1 Å². The number of anilines is 1. The van der Waals surface area contributed by atoms with Gasteiger partial charge < -0.3 is 5.32 Å². The van der Waals surface area contributed by atoms with Gasteiger partial charge in [0.15, 0.2) is 5.11 Å². The molecule has 0 aromatic heterocycles. The monoisotopic (exact) mass is 280 g/mol. The molecule has 0 bridgehead atoms. The molecule has 2 rings (SSSR count). The second kappa shape index (κ2) is 7.02. The third kappa shape index (κ3) is 4.19. The first-order valence-electron chi connectivity index (χ1n) is 5.93. The lowest BCUT2D eigenvalue weighted by molar-refractivity contribution is 1.05. The van der Waals surface area contributed by atoms with Crippen LogP contribution < -0.4 is 10.7 Å². The van der Waals surface area contributed by atoms with Crippen molar-refractivity contribution in [3.8, 4) is 6.07 Å². The zero-order chi connectivity index (χ0) is 14.2. The molecule has 0 unspecified atom stereocenters. The number of nitriles is 1. The Hall–Kier alpha value is -2.71. The first kappa shape index (κ1) is 13.7. The van der Waals surface area contributed by atoms with Crippen molar-refractivity contribution in [2.75, 3.05) is 5.32 Å².